The first-order valence-corrected chi connectivity index (χ1v) is 6.71. The van der Waals surface area contributed by atoms with Crippen molar-refractivity contribution in [1.29, 1.82) is 0 Å². The Morgan fingerprint density at radius 1 is 1.59 bits per heavy atom. The Bertz CT molecular complexity index is 519. The Balaban J connectivity index is 1.78. The van der Waals surface area contributed by atoms with E-state index in [4.69, 9.17) is 4.52 Å². The highest BCUT2D eigenvalue weighted by Gasteiger charge is 2.25. The smallest absolute Gasteiger partial charge is 0.240 e. The summed E-state index contributed by atoms with van der Waals surface area (Å²) in [4.78, 5) is 8.18. The van der Waals surface area contributed by atoms with Crippen molar-refractivity contribution in [1.82, 2.24) is 15.0 Å². The van der Waals surface area contributed by atoms with Crippen LogP contribution in [0.4, 0.5) is 0 Å². The van der Waals surface area contributed by atoms with E-state index in [1.807, 2.05) is 18.3 Å². The number of nitrogens with zero attached hydrogens (tertiary/aromatic N) is 3. The first-order valence-electron chi connectivity index (χ1n) is 5.83. The fraction of sp³-hybridized carbons (Fsp3) is 0.500. The minimum Gasteiger partial charge on any atom is -0.338 e. The van der Waals surface area contributed by atoms with Crippen LogP contribution in [0.2, 0.25) is 0 Å². The molecular weight excluding hydrogens is 234 g/mol. The van der Waals surface area contributed by atoms with E-state index in [2.05, 4.69) is 33.4 Å². The van der Waals surface area contributed by atoms with Crippen LogP contribution in [0.15, 0.2) is 16.0 Å². The molecule has 1 unspecified atom stereocenters. The van der Waals surface area contributed by atoms with Crippen molar-refractivity contribution in [3.8, 4) is 0 Å². The summed E-state index contributed by atoms with van der Waals surface area (Å²) in [6.07, 6.45) is 1.13. The zero-order chi connectivity index (χ0) is 11.8. The normalized spacial score (nSPS) is 20.5. The van der Waals surface area contributed by atoms with Crippen LogP contribution in [0.1, 0.15) is 35.1 Å². The van der Waals surface area contributed by atoms with Gasteiger partial charge in [0.25, 0.3) is 0 Å². The van der Waals surface area contributed by atoms with Crippen molar-refractivity contribution in [2.24, 2.45) is 0 Å². The van der Waals surface area contributed by atoms with Crippen LogP contribution in [0.25, 0.3) is 0 Å². The number of aromatic nitrogens is 2. The van der Waals surface area contributed by atoms with Gasteiger partial charge in [0.2, 0.25) is 5.89 Å². The molecule has 0 saturated carbocycles. The second kappa shape index (κ2) is 4.23. The molecule has 0 aliphatic carbocycles. The summed E-state index contributed by atoms with van der Waals surface area (Å²) in [5.74, 6) is 1.42. The third kappa shape index (κ3) is 2.00. The van der Waals surface area contributed by atoms with Gasteiger partial charge >= 0.3 is 0 Å². The molecule has 2 aromatic heterocycles. The van der Waals surface area contributed by atoms with Crippen molar-refractivity contribution < 1.29 is 4.52 Å². The molecule has 17 heavy (non-hydrogen) atoms. The summed E-state index contributed by atoms with van der Waals surface area (Å²) < 4.78 is 5.18. The molecule has 1 atom stereocenters. The fourth-order valence-corrected chi connectivity index (χ4v) is 3.32. The minimum absolute atomic E-state index is 0.442. The molecule has 0 spiro atoms. The van der Waals surface area contributed by atoms with E-state index >= 15 is 0 Å². The molecule has 0 bridgehead atoms. The summed E-state index contributed by atoms with van der Waals surface area (Å²) >= 11 is 1.86. The molecule has 0 fully saturated rings. The quantitative estimate of drug-likeness (QED) is 0.820. The number of aryl methyl sites for hydroxylation is 1. The van der Waals surface area contributed by atoms with Gasteiger partial charge in [-0.25, -0.2) is 0 Å². The van der Waals surface area contributed by atoms with Gasteiger partial charge in [0.05, 0.1) is 6.54 Å². The summed E-state index contributed by atoms with van der Waals surface area (Å²) in [7, 11) is 0. The van der Waals surface area contributed by atoms with E-state index in [1.165, 1.54) is 10.4 Å². The SMILES string of the molecule is Cc1noc(CN2CCc3sccc3C2C)n1. The van der Waals surface area contributed by atoms with Gasteiger partial charge in [-0.05, 0) is 37.3 Å². The Hall–Kier alpha value is -1.20. The molecule has 0 amide bonds. The van der Waals surface area contributed by atoms with Crippen molar-refractivity contribution in [2.75, 3.05) is 6.54 Å². The van der Waals surface area contributed by atoms with E-state index in [-0.39, 0.29) is 0 Å². The van der Waals surface area contributed by atoms with Crippen LogP contribution in [0, 0.1) is 6.92 Å². The lowest BCUT2D eigenvalue weighted by Gasteiger charge is -2.32. The molecule has 3 rings (SSSR count). The predicted octanol–water partition coefficient (Wildman–Crippen LogP) is 2.56. The average molecular weight is 249 g/mol. The first kappa shape index (κ1) is 10.9. The van der Waals surface area contributed by atoms with Crippen LogP contribution in [-0.2, 0) is 13.0 Å². The van der Waals surface area contributed by atoms with Crippen LogP contribution < -0.4 is 0 Å². The molecule has 0 N–H and O–H groups in total. The number of hydrogen-bond donors (Lipinski definition) is 0. The van der Waals surface area contributed by atoms with Gasteiger partial charge in [0.15, 0.2) is 5.82 Å². The third-order valence-electron chi connectivity index (χ3n) is 3.31. The number of rotatable bonds is 2. The van der Waals surface area contributed by atoms with Gasteiger partial charge in [-0.3, -0.25) is 4.90 Å². The van der Waals surface area contributed by atoms with Gasteiger partial charge in [0, 0.05) is 17.5 Å². The Kier molecular flexibility index (Phi) is 2.72. The van der Waals surface area contributed by atoms with E-state index in [0.29, 0.717) is 17.8 Å². The maximum absolute atomic E-state index is 5.18. The third-order valence-corrected chi connectivity index (χ3v) is 4.31. The van der Waals surface area contributed by atoms with Crippen LogP contribution in [0.3, 0.4) is 0 Å². The highest BCUT2D eigenvalue weighted by Crippen LogP contribution is 2.33. The van der Waals surface area contributed by atoms with Crippen molar-refractivity contribution in [2.45, 2.75) is 32.9 Å². The highest BCUT2D eigenvalue weighted by molar-refractivity contribution is 7.10. The van der Waals surface area contributed by atoms with Crippen molar-refractivity contribution in [3.63, 3.8) is 0 Å². The predicted molar refractivity (Wildman–Crippen MR) is 65.9 cm³/mol. The van der Waals surface area contributed by atoms with Crippen LogP contribution >= 0.6 is 11.3 Å². The van der Waals surface area contributed by atoms with Crippen LogP contribution in [-0.4, -0.2) is 21.6 Å². The lowest BCUT2D eigenvalue weighted by Crippen LogP contribution is -2.32. The first-order chi connectivity index (χ1) is 8.24. The zero-order valence-electron chi connectivity index (χ0n) is 10.0. The highest BCUT2D eigenvalue weighted by atomic mass is 32.1. The zero-order valence-corrected chi connectivity index (χ0v) is 10.8. The van der Waals surface area contributed by atoms with Crippen molar-refractivity contribution >= 4 is 11.3 Å². The van der Waals surface area contributed by atoms with Crippen molar-refractivity contribution in [3.05, 3.63) is 33.6 Å². The summed E-state index contributed by atoms with van der Waals surface area (Å²) in [5.41, 5.74) is 1.46. The van der Waals surface area contributed by atoms with Gasteiger partial charge < -0.3 is 4.52 Å². The largest absolute Gasteiger partial charge is 0.338 e. The molecule has 0 saturated heterocycles. The Morgan fingerprint density at radius 3 is 3.24 bits per heavy atom. The molecule has 1 aliphatic heterocycles. The molecule has 5 heteroatoms. The molecule has 3 heterocycles. The maximum Gasteiger partial charge on any atom is 0.240 e. The average Bonchev–Trinajstić information content (AvgIpc) is 2.92. The second-order valence-electron chi connectivity index (χ2n) is 4.43. The topological polar surface area (TPSA) is 42.2 Å². The van der Waals surface area contributed by atoms with E-state index in [9.17, 15) is 0 Å². The molecule has 4 nitrogen and oxygen atoms in total. The number of fused-ring (bicyclic) bond motifs is 1. The molecule has 1 aliphatic rings. The molecule has 90 valence electrons. The Morgan fingerprint density at radius 2 is 2.47 bits per heavy atom. The fourth-order valence-electron chi connectivity index (χ4n) is 2.36. The number of hydrogen-bond acceptors (Lipinski definition) is 5. The number of thiophene rings is 1. The molecule has 0 aromatic carbocycles. The van der Waals surface area contributed by atoms with Gasteiger partial charge in [0.1, 0.15) is 0 Å². The Labute approximate surface area is 104 Å². The monoisotopic (exact) mass is 249 g/mol. The summed E-state index contributed by atoms with van der Waals surface area (Å²) in [6, 6.07) is 2.67. The van der Waals surface area contributed by atoms with Gasteiger partial charge in [-0.2, -0.15) is 4.98 Å². The molecule has 0 radical (unpaired) electrons. The minimum atomic E-state index is 0.442. The maximum atomic E-state index is 5.18. The standard InChI is InChI=1S/C12H15N3OS/c1-8-10-4-6-17-11(10)3-5-15(8)7-12-13-9(2)14-16-12/h4,6,8H,3,5,7H2,1-2H3. The lowest BCUT2D eigenvalue weighted by molar-refractivity contribution is 0.167. The molecule has 2 aromatic rings. The second-order valence-corrected chi connectivity index (χ2v) is 5.43. The van der Waals surface area contributed by atoms with E-state index in [1.54, 1.807) is 0 Å². The van der Waals surface area contributed by atoms with Gasteiger partial charge in [-0.15, -0.1) is 11.3 Å². The van der Waals surface area contributed by atoms with E-state index < -0.39 is 0 Å². The lowest BCUT2D eigenvalue weighted by atomic mass is 10.0. The van der Waals surface area contributed by atoms with Crippen LogP contribution in [0.5, 0.6) is 0 Å². The summed E-state index contributed by atoms with van der Waals surface area (Å²) in [5, 5.41) is 6.01. The summed E-state index contributed by atoms with van der Waals surface area (Å²) in [6.45, 7) is 5.91. The molecular formula is C12H15N3OS. The van der Waals surface area contributed by atoms with Gasteiger partial charge in [-0.1, -0.05) is 5.16 Å². The van der Waals surface area contributed by atoms with E-state index in [0.717, 1.165) is 19.5 Å².